The molecule has 0 aliphatic heterocycles. The van der Waals surface area contributed by atoms with Crippen LogP contribution in [0.5, 0.6) is 5.75 Å². The number of ether oxygens (including phenoxy) is 1. The van der Waals surface area contributed by atoms with Crippen LogP contribution in [0.2, 0.25) is 0 Å². The maximum Gasteiger partial charge on any atom is 0.259 e. The van der Waals surface area contributed by atoms with Crippen molar-refractivity contribution in [2.45, 2.75) is 12.3 Å². The molecule has 2 amide bonds. The number of carbonyl (C=O) groups excluding carboxylic acids is 2. The number of para-hydroxylation sites is 1. The first kappa shape index (κ1) is 22.1. The number of hydrogen-bond acceptors (Lipinski definition) is 3. The van der Waals surface area contributed by atoms with Gasteiger partial charge in [0.15, 0.2) is 6.61 Å². The third kappa shape index (κ3) is 6.19. The number of nitrogens with one attached hydrogen (secondary N) is 1. The lowest BCUT2D eigenvalue weighted by atomic mass is 9.88. The molecule has 5 nitrogen and oxygen atoms in total. The fraction of sp³-hybridized carbons (Fsp3) is 0.231. The lowest BCUT2D eigenvalue weighted by Gasteiger charge is -2.19. The molecule has 0 bridgehead atoms. The zero-order valence-corrected chi connectivity index (χ0v) is 18.0. The van der Waals surface area contributed by atoms with E-state index in [1.165, 1.54) is 16.0 Å². The molecule has 0 saturated heterocycles. The molecule has 0 spiro atoms. The molecule has 3 rings (SSSR count). The summed E-state index contributed by atoms with van der Waals surface area (Å²) in [5, 5.41) is 3.01. The van der Waals surface area contributed by atoms with E-state index in [9.17, 15) is 9.59 Å². The van der Waals surface area contributed by atoms with E-state index in [0.717, 1.165) is 6.42 Å². The molecule has 0 atom stereocenters. The number of nitrogens with zero attached hydrogens (tertiary/aromatic N) is 1. The highest BCUT2D eigenvalue weighted by Crippen LogP contribution is 2.27. The second-order valence-corrected chi connectivity index (χ2v) is 7.49. The molecule has 31 heavy (non-hydrogen) atoms. The lowest BCUT2D eigenvalue weighted by molar-refractivity contribution is -0.130. The molecule has 0 aliphatic carbocycles. The normalized spacial score (nSPS) is 10.5. The maximum atomic E-state index is 12.8. The first-order valence-corrected chi connectivity index (χ1v) is 10.4. The van der Waals surface area contributed by atoms with Crippen molar-refractivity contribution in [3.63, 3.8) is 0 Å². The molecular formula is C26H28N2O3. The van der Waals surface area contributed by atoms with Crippen molar-refractivity contribution in [3.8, 4) is 5.75 Å². The molecule has 160 valence electrons. The van der Waals surface area contributed by atoms with Gasteiger partial charge in [-0.3, -0.25) is 9.59 Å². The molecule has 0 aromatic heterocycles. The van der Waals surface area contributed by atoms with Crippen LogP contribution < -0.4 is 10.1 Å². The van der Waals surface area contributed by atoms with Crippen LogP contribution in [0.15, 0.2) is 84.9 Å². The lowest BCUT2D eigenvalue weighted by Crippen LogP contribution is -2.29. The summed E-state index contributed by atoms with van der Waals surface area (Å²) in [6, 6.07) is 27.6. The summed E-state index contributed by atoms with van der Waals surface area (Å²) >= 11 is 0. The highest BCUT2D eigenvalue weighted by atomic mass is 16.5. The Morgan fingerprint density at radius 3 is 1.97 bits per heavy atom. The highest BCUT2D eigenvalue weighted by molar-refractivity contribution is 5.97. The van der Waals surface area contributed by atoms with Gasteiger partial charge in [0.2, 0.25) is 0 Å². The van der Waals surface area contributed by atoms with Crippen molar-refractivity contribution in [1.29, 1.82) is 0 Å². The Morgan fingerprint density at radius 2 is 1.39 bits per heavy atom. The van der Waals surface area contributed by atoms with Crippen molar-refractivity contribution in [3.05, 3.63) is 102 Å². The smallest absolute Gasteiger partial charge is 0.259 e. The molecule has 0 saturated carbocycles. The number of amides is 2. The summed E-state index contributed by atoms with van der Waals surface area (Å²) < 4.78 is 5.60. The summed E-state index contributed by atoms with van der Waals surface area (Å²) in [6.07, 6.45) is 0.766. The standard InChI is InChI=1S/C26H28N2O3/c1-28(2)25(29)19-31-24-16-10-9-15-23(24)26(30)27-18-17-22(20-11-5-3-6-12-20)21-13-7-4-8-14-21/h3-16,22H,17-19H2,1-2H3,(H,27,30). The first-order chi connectivity index (χ1) is 15.1. The van der Waals surface area contributed by atoms with Crippen LogP contribution in [-0.2, 0) is 4.79 Å². The fourth-order valence-corrected chi connectivity index (χ4v) is 3.37. The molecule has 0 unspecified atom stereocenters. The minimum atomic E-state index is -0.215. The average Bonchev–Trinajstić information content (AvgIpc) is 2.81. The van der Waals surface area contributed by atoms with Gasteiger partial charge in [-0.05, 0) is 29.7 Å². The molecule has 3 aromatic carbocycles. The number of likely N-dealkylation sites (N-methyl/N-ethyl adjacent to an activating group) is 1. The molecule has 0 aliphatic rings. The molecule has 5 heteroatoms. The summed E-state index contributed by atoms with van der Waals surface area (Å²) in [6.45, 7) is 0.402. The second kappa shape index (κ2) is 11.0. The van der Waals surface area contributed by atoms with Crippen molar-refractivity contribution < 1.29 is 14.3 Å². The summed E-state index contributed by atoms with van der Waals surface area (Å²) in [7, 11) is 3.33. The third-order valence-corrected chi connectivity index (χ3v) is 5.10. The molecular weight excluding hydrogens is 388 g/mol. The van der Waals surface area contributed by atoms with Crippen LogP contribution in [0.1, 0.15) is 33.8 Å². The zero-order chi connectivity index (χ0) is 22.1. The minimum Gasteiger partial charge on any atom is -0.483 e. The van der Waals surface area contributed by atoms with E-state index in [0.29, 0.717) is 17.9 Å². The van der Waals surface area contributed by atoms with E-state index in [1.54, 1.807) is 38.4 Å². The van der Waals surface area contributed by atoms with E-state index in [2.05, 4.69) is 29.6 Å². The van der Waals surface area contributed by atoms with Gasteiger partial charge in [0.1, 0.15) is 5.75 Å². The largest absolute Gasteiger partial charge is 0.483 e. The van der Waals surface area contributed by atoms with Crippen LogP contribution in [0.25, 0.3) is 0 Å². The summed E-state index contributed by atoms with van der Waals surface area (Å²) in [5.74, 6) is 0.210. The van der Waals surface area contributed by atoms with Crippen LogP contribution in [0.3, 0.4) is 0 Å². The number of benzene rings is 3. The Kier molecular flexibility index (Phi) is 7.82. The Labute approximate surface area is 183 Å². The van der Waals surface area contributed by atoms with Gasteiger partial charge in [0.25, 0.3) is 11.8 Å². The fourth-order valence-electron chi connectivity index (χ4n) is 3.37. The molecule has 1 N–H and O–H groups in total. The van der Waals surface area contributed by atoms with Crippen LogP contribution in [0.4, 0.5) is 0 Å². The van der Waals surface area contributed by atoms with Crippen molar-refractivity contribution in [2.75, 3.05) is 27.2 Å². The third-order valence-electron chi connectivity index (χ3n) is 5.10. The average molecular weight is 417 g/mol. The Morgan fingerprint density at radius 1 is 0.839 bits per heavy atom. The zero-order valence-electron chi connectivity index (χ0n) is 18.0. The van der Waals surface area contributed by atoms with E-state index in [4.69, 9.17) is 4.74 Å². The molecule has 0 fully saturated rings. The maximum absolute atomic E-state index is 12.8. The Balaban J connectivity index is 1.65. The van der Waals surface area contributed by atoms with Gasteiger partial charge in [0, 0.05) is 26.6 Å². The SMILES string of the molecule is CN(C)C(=O)COc1ccccc1C(=O)NCCC(c1ccccc1)c1ccccc1. The van der Waals surface area contributed by atoms with Gasteiger partial charge in [-0.25, -0.2) is 0 Å². The van der Waals surface area contributed by atoms with E-state index in [-0.39, 0.29) is 24.3 Å². The van der Waals surface area contributed by atoms with Crippen molar-refractivity contribution in [2.24, 2.45) is 0 Å². The number of carbonyl (C=O) groups is 2. The van der Waals surface area contributed by atoms with Gasteiger partial charge < -0.3 is 15.0 Å². The number of rotatable bonds is 9. The molecule has 0 radical (unpaired) electrons. The second-order valence-electron chi connectivity index (χ2n) is 7.49. The van der Waals surface area contributed by atoms with Crippen molar-refractivity contribution in [1.82, 2.24) is 10.2 Å². The van der Waals surface area contributed by atoms with Crippen LogP contribution >= 0.6 is 0 Å². The Bertz CT molecular complexity index is 948. The predicted octanol–water partition coefficient (Wildman–Crippen LogP) is 4.11. The van der Waals surface area contributed by atoms with Gasteiger partial charge in [-0.1, -0.05) is 72.8 Å². The van der Waals surface area contributed by atoms with Gasteiger partial charge in [-0.2, -0.15) is 0 Å². The topological polar surface area (TPSA) is 58.6 Å². The van der Waals surface area contributed by atoms with E-state index >= 15 is 0 Å². The summed E-state index contributed by atoms with van der Waals surface area (Å²) in [5.41, 5.74) is 2.85. The Hall–Kier alpha value is -3.60. The molecule has 3 aromatic rings. The van der Waals surface area contributed by atoms with E-state index < -0.39 is 0 Å². The minimum absolute atomic E-state index is 0.110. The highest BCUT2D eigenvalue weighted by Gasteiger charge is 2.17. The van der Waals surface area contributed by atoms with Gasteiger partial charge >= 0.3 is 0 Å². The van der Waals surface area contributed by atoms with Crippen molar-refractivity contribution >= 4 is 11.8 Å². The van der Waals surface area contributed by atoms with E-state index in [1.807, 2.05) is 36.4 Å². The van der Waals surface area contributed by atoms with Crippen LogP contribution in [-0.4, -0.2) is 44.0 Å². The van der Waals surface area contributed by atoms with Gasteiger partial charge in [0.05, 0.1) is 5.56 Å². The predicted molar refractivity (Wildman–Crippen MR) is 122 cm³/mol. The van der Waals surface area contributed by atoms with Gasteiger partial charge in [-0.15, -0.1) is 0 Å². The number of hydrogen-bond donors (Lipinski definition) is 1. The first-order valence-electron chi connectivity index (χ1n) is 10.4. The monoisotopic (exact) mass is 416 g/mol. The van der Waals surface area contributed by atoms with Crippen LogP contribution in [0, 0.1) is 0 Å². The molecule has 0 heterocycles. The summed E-state index contributed by atoms with van der Waals surface area (Å²) in [4.78, 5) is 26.1. The quantitative estimate of drug-likeness (QED) is 0.571.